The zero-order chi connectivity index (χ0) is 12.3. The van der Waals surface area contributed by atoms with Gasteiger partial charge in [-0.15, -0.1) is 0 Å². The lowest BCUT2D eigenvalue weighted by Crippen LogP contribution is -2.03. The van der Waals surface area contributed by atoms with Gasteiger partial charge in [0.2, 0.25) is 0 Å². The van der Waals surface area contributed by atoms with Crippen molar-refractivity contribution >= 4 is 11.6 Å². The van der Waals surface area contributed by atoms with Crippen molar-refractivity contribution in [3.63, 3.8) is 0 Å². The summed E-state index contributed by atoms with van der Waals surface area (Å²) in [6.07, 6.45) is 1.42. The first-order valence-corrected chi connectivity index (χ1v) is 5.71. The summed E-state index contributed by atoms with van der Waals surface area (Å²) in [4.78, 5) is 23.2. The SMILES string of the molecule is O=C1CCC(O)=C1CCC(=O)c1ccccc1. The molecule has 0 aliphatic heterocycles. The van der Waals surface area contributed by atoms with Crippen molar-refractivity contribution in [2.75, 3.05) is 0 Å². The molecule has 1 aromatic carbocycles. The molecule has 0 amide bonds. The molecule has 2 rings (SSSR count). The van der Waals surface area contributed by atoms with Gasteiger partial charge >= 0.3 is 0 Å². The number of hydrogen-bond donors (Lipinski definition) is 1. The van der Waals surface area contributed by atoms with Gasteiger partial charge in [-0.05, 0) is 6.42 Å². The van der Waals surface area contributed by atoms with Crippen molar-refractivity contribution in [3.8, 4) is 0 Å². The maximum absolute atomic E-state index is 11.8. The fourth-order valence-corrected chi connectivity index (χ4v) is 1.99. The van der Waals surface area contributed by atoms with Crippen molar-refractivity contribution in [3.05, 3.63) is 47.2 Å². The number of benzene rings is 1. The molecule has 1 N–H and O–H groups in total. The minimum Gasteiger partial charge on any atom is -0.512 e. The van der Waals surface area contributed by atoms with E-state index in [2.05, 4.69) is 0 Å². The van der Waals surface area contributed by atoms with Gasteiger partial charge in [0.1, 0.15) is 0 Å². The summed E-state index contributed by atoms with van der Waals surface area (Å²) in [5.74, 6) is 0.143. The van der Waals surface area contributed by atoms with Gasteiger partial charge < -0.3 is 5.11 Å². The van der Waals surface area contributed by atoms with Gasteiger partial charge in [-0.3, -0.25) is 9.59 Å². The Kier molecular flexibility index (Phi) is 3.38. The molecule has 3 nitrogen and oxygen atoms in total. The van der Waals surface area contributed by atoms with Gasteiger partial charge in [-0.25, -0.2) is 0 Å². The average Bonchev–Trinajstić information content (AvgIpc) is 2.67. The zero-order valence-electron chi connectivity index (χ0n) is 9.48. The second kappa shape index (κ2) is 4.95. The number of aliphatic hydroxyl groups is 1. The molecule has 0 heterocycles. The Balaban J connectivity index is 1.98. The van der Waals surface area contributed by atoms with Crippen molar-refractivity contribution in [2.45, 2.75) is 25.7 Å². The van der Waals surface area contributed by atoms with E-state index in [-0.39, 0.29) is 23.7 Å². The summed E-state index contributed by atoms with van der Waals surface area (Å²) < 4.78 is 0. The highest BCUT2D eigenvalue weighted by atomic mass is 16.3. The molecular formula is C14H14O3. The quantitative estimate of drug-likeness (QED) is 0.809. The van der Waals surface area contributed by atoms with E-state index in [0.29, 0.717) is 30.4 Å². The summed E-state index contributed by atoms with van der Waals surface area (Å²) in [7, 11) is 0. The van der Waals surface area contributed by atoms with Crippen LogP contribution in [-0.2, 0) is 4.79 Å². The third kappa shape index (κ3) is 2.61. The van der Waals surface area contributed by atoms with Gasteiger partial charge in [-0.2, -0.15) is 0 Å². The Morgan fingerprint density at radius 1 is 1.18 bits per heavy atom. The van der Waals surface area contributed by atoms with E-state index in [1.165, 1.54) is 0 Å². The van der Waals surface area contributed by atoms with Gasteiger partial charge in [0.25, 0.3) is 0 Å². The van der Waals surface area contributed by atoms with Crippen molar-refractivity contribution < 1.29 is 14.7 Å². The van der Waals surface area contributed by atoms with Gasteiger partial charge in [-0.1, -0.05) is 30.3 Å². The zero-order valence-corrected chi connectivity index (χ0v) is 9.48. The normalized spacial score (nSPS) is 15.4. The highest BCUT2D eigenvalue weighted by molar-refractivity contribution is 6.00. The standard InChI is InChI=1S/C14H14O3/c15-12(10-4-2-1-3-5-10)7-6-11-13(16)8-9-14(11)17/h1-5,16H,6-9H2. The van der Waals surface area contributed by atoms with Crippen LogP contribution in [0.4, 0.5) is 0 Å². The van der Waals surface area contributed by atoms with Crippen LogP contribution in [0, 0.1) is 0 Å². The van der Waals surface area contributed by atoms with Crippen LogP contribution in [0.2, 0.25) is 0 Å². The summed E-state index contributed by atoms with van der Waals surface area (Å²) in [6, 6.07) is 8.99. The predicted molar refractivity (Wildman–Crippen MR) is 63.9 cm³/mol. The van der Waals surface area contributed by atoms with E-state index in [9.17, 15) is 14.7 Å². The highest BCUT2D eigenvalue weighted by Gasteiger charge is 2.22. The maximum Gasteiger partial charge on any atom is 0.163 e. The molecule has 1 aliphatic rings. The average molecular weight is 230 g/mol. The number of hydrogen-bond acceptors (Lipinski definition) is 3. The maximum atomic E-state index is 11.8. The van der Waals surface area contributed by atoms with E-state index in [1.807, 2.05) is 18.2 Å². The Hall–Kier alpha value is -1.90. The number of carbonyl (C=O) groups excluding carboxylic acids is 2. The number of carbonyl (C=O) groups is 2. The molecule has 0 aromatic heterocycles. The third-order valence-corrected chi connectivity index (χ3v) is 2.97. The molecule has 1 aromatic rings. The van der Waals surface area contributed by atoms with Crippen LogP contribution in [0.3, 0.4) is 0 Å². The molecule has 0 spiro atoms. The van der Waals surface area contributed by atoms with Gasteiger partial charge in [0.05, 0.1) is 5.76 Å². The molecule has 0 unspecified atom stereocenters. The Labute approximate surface area is 99.8 Å². The number of aliphatic hydroxyl groups excluding tert-OH is 1. The Bertz CT molecular complexity index is 472. The summed E-state index contributed by atoms with van der Waals surface area (Å²) in [6.45, 7) is 0. The smallest absolute Gasteiger partial charge is 0.163 e. The second-order valence-electron chi connectivity index (χ2n) is 4.14. The van der Waals surface area contributed by atoms with Crippen LogP contribution in [0.15, 0.2) is 41.7 Å². The second-order valence-corrected chi connectivity index (χ2v) is 4.14. The van der Waals surface area contributed by atoms with Gasteiger partial charge in [0.15, 0.2) is 11.6 Å². The minimum atomic E-state index is -0.0247. The minimum absolute atomic E-state index is 0.00519. The monoisotopic (exact) mass is 230 g/mol. The first kappa shape index (κ1) is 11.6. The van der Waals surface area contributed by atoms with E-state index >= 15 is 0 Å². The van der Waals surface area contributed by atoms with E-state index in [1.54, 1.807) is 12.1 Å². The number of allylic oxidation sites excluding steroid dienone is 2. The molecule has 0 fully saturated rings. The molecule has 0 radical (unpaired) electrons. The van der Waals surface area contributed by atoms with E-state index in [4.69, 9.17) is 0 Å². The molecular weight excluding hydrogens is 216 g/mol. The highest BCUT2D eigenvalue weighted by Crippen LogP contribution is 2.24. The van der Waals surface area contributed by atoms with Crippen molar-refractivity contribution in [2.24, 2.45) is 0 Å². The Morgan fingerprint density at radius 3 is 2.47 bits per heavy atom. The van der Waals surface area contributed by atoms with Crippen molar-refractivity contribution in [1.82, 2.24) is 0 Å². The summed E-state index contributed by atoms with van der Waals surface area (Å²) in [5, 5.41) is 9.49. The van der Waals surface area contributed by atoms with E-state index < -0.39 is 0 Å². The van der Waals surface area contributed by atoms with Crippen LogP contribution < -0.4 is 0 Å². The fraction of sp³-hybridized carbons (Fsp3) is 0.286. The Morgan fingerprint density at radius 2 is 1.88 bits per heavy atom. The fourth-order valence-electron chi connectivity index (χ4n) is 1.99. The lowest BCUT2D eigenvalue weighted by Gasteiger charge is -2.02. The third-order valence-electron chi connectivity index (χ3n) is 2.97. The number of rotatable bonds is 4. The topological polar surface area (TPSA) is 54.4 Å². The molecule has 88 valence electrons. The molecule has 0 saturated carbocycles. The van der Waals surface area contributed by atoms with Gasteiger partial charge in [0, 0.05) is 30.4 Å². The summed E-state index contributed by atoms with van der Waals surface area (Å²) in [5.41, 5.74) is 1.09. The predicted octanol–water partition coefficient (Wildman–Crippen LogP) is 2.82. The van der Waals surface area contributed by atoms with Crippen LogP contribution >= 0.6 is 0 Å². The molecule has 0 atom stereocenters. The molecule has 1 aliphatic carbocycles. The lowest BCUT2D eigenvalue weighted by atomic mass is 10.0. The first-order chi connectivity index (χ1) is 8.18. The molecule has 0 saturated heterocycles. The molecule has 3 heteroatoms. The van der Waals surface area contributed by atoms with Crippen molar-refractivity contribution in [1.29, 1.82) is 0 Å². The molecule has 0 bridgehead atoms. The number of ketones is 2. The number of Topliss-reactive ketones (excluding diaryl/α,β-unsaturated/α-hetero) is 2. The lowest BCUT2D eigenvalue weighted by molar-refractivity contribution is -0.115. The van der Waals surface area contributed by atoms with Crippen LogP contribution in [-0.4, -0.2) is 16.7 Å². The van der Waals surface area contributed by atoms with E-state index in [0.717, 1.165) is 0 Å². The van der Waals surface area contributed by atoms with Crippen LogP contribution in [0.5, 0.6) is 0 Å². The van der Waals surface area contributed by atoms with Crippen LogP contribution in [0.1, 0.15) is 36.0 Å². The van der Waals surface area contributed by atoms with Crippen LogP contribution in [0.25, 0.3) is 0 Å². The largest absolute Gasteiger partial charge is 0.512 e. The first-order valence-electron chi connectivity index (χ1n) is 5.71. The molecule has 17 heavy (non-hydrogen) atoms. The summed E-state index contributed by atoms with van der Waals surface area (Å²) >= 11 is 0.